The van der Waals surface area contributed by atoms with E-state index in [1.807, 2.05) is 18.2 Å². The molecule has 1 aliphatic rings. The summed E-state index contributed by atoms with van der Waals surface area (Å²) in [6, 6.07) is 13.1. The van der Waals surface area contributed by atoms with Crippen molar-refractivity contribution in [3.63, 3.8) is 0 Å². The van der Waals surface area contributed by atoms with Crippen LogP contribution in [0.25, 0.3) is 6.08 Å². The Morgan fingerprint density at radius 2 is 1.95 bits per heavy atom. The molecule has 0 saturated carbocycles. The lowest BCUT2D eigenvalue weighted by Crippen LogP contribution is -2.05. The molecule has 22 heavy (non-hydrogen) atoms. The fraction of sp³-hybridized carbons (Fsp3) is 0.0588. The van der Waals surface area contributed by atoms with Gasteiger partial charge < -0.3 is 9.47 Å². The Morgan fingerprint density at radius 1 is 1.18 bits per heavy atom. The minimum Gasteiger partial charge on any atom is -0.496 e. The normalized spacial score (nSPS) is 15.6. The van der Waals surface area contributed by atoms with Crippen LogP contribution < -0.4 is 4.74 Å². The number of benzene rings is 2. The van der Waals surface area contributed by atoms with Crippen LogP contribution in [0, 0.1) is 5.82 Å². The van der Waals surface area contributed by atoms with Crippen molar-refractivity contribution in [3.05, 3.63) is 71.2 Å². The zero-order chi connectivity index (χ0) is 15.5. The second-order valence-electron chi connectivity index (χ2n) is 4.59. The summed E-state index contributed by atoms with van der Waals surface area (Å²) in [4.78, 5) is 16.1. The fourth-order valence-electron chi connectivity index (χ4n) is 2.08. The molecule has 2 aromatic rings. The zero-order valence-corrected chi connectivity index (χ0v) is 11.7. The monoisotopic (exact) mass is 297 g/mol. The molecule has 0 aromatic heterocycles. The molecule has 1 aliphatic heterocycles. The molecule has 4 nitrogen and oxygen atoms in total. The van der Waals surface area contributed by atoms with Crippen LogP contribution in [0.2, 0.25) is 0 Å². The molecule has 0 bridgehead atoms. The second kappa shape index (κ2) is 5.81. The standard InChI is InChI=1S/C17H12FNO3/c1-21-15-8-7-13(18)9-12(15)10-14-17(20)22-16(19-14)11-5-3-2-4-6-11/h2-10H,1H3/b14-10+. The van der Waals surface area contributed by atoms with Gasteiger partial charge in [-0.15, -0.1) is 0 Å². The molecule has 0 atom stereocenters. The summed E-state index contributed by atoms with van der Waals surface area (Å²) < 4.78 is 23.6. The molecule has 0 unspecified atom stereocenters. The maximum Gasteiger partial charge on any atom is 0.363 e. The quantitative estimate of drug-likeness (QED) is 0.646. The molecule has 1 heterocycles. The van der Waals surface area contributed by atoms with E-state index >= 15 is 0 Å². The van der Waals surface area contributed by atoms with Crippen LogP contribution >= 0.6 is 0 Å². The molecular weight excluding hydrogens is 285 g/mol. The first-order valence-corrected chi connectivity index (χ1v) is 6.59. The van der Waals surface area contributed by atoms with E-state index in [4.69, 9.17) is 9.47 Å². The number of carbonyl (C=O) groups excluding carboxylic acids is 1. The number of nitrogens with zero attached hydrogens (tertiary/aromatic N) is 1. The Kier molecular flexibility index (Phi) is 3.70. The summed E-state index contributed by atoms with van der Waals surface area (Å²) in [5, 5.41) is 0. The average Bonchev–Trinajstić information content (AvgIpc) is 2.90. The summed E-state index contributed by atoms with van der Waals surface area (Å²) in [6.45, 7) is 0. The van der Waals surface area contributed by atoms with Gasteiger partial charge in [-0.2, -0.15) is 0 Å². The number of halogens is 1. The van der Waals surface area contributed by atoms with Crippen molar-refractivity contribution in [1.29, 1.82) is 0 Å². The lowest BCUT2D eigenvalue weighted by Gasteiger charge is -2.04. The van der Waals surface area contributed by atoms with Gasteiger partial charge in [-0.3, -0.25) is 0 Å². The molecule has 0 spiro atoms. The third kappa shape index (κ3) is 2.74. The highest BCUT2D eigenvalue weighted by atomic mass is 19.1. The smallest absolute Gasteiger partial charge is 0.363 e. The zero-order valence-electron chi connectivity index (χ0n) is 11.7. The van der Waals surface area contributed by atoms with Gasteiger partial charge in [-0.05, 0) is 36.4 Å². The van der Waals surface area contributed by atoms with E-state index in [0.717, 1.165) is 0 Å². The molecule has 5 heteroatoms. The van der Waals surface area contributed by atoms with Crippen molar-refractivity contribution in [2.45, 2.75) is 0 Å². The molecule has 2 aromatic carbocycles. The van der Waals surface area contributed by atoms with Gasteiger partial charge in [0.15, 0.2) is 5.70 Å². The van der Waals surface area contributed by atoms with Crippen LogP contribution in [0.5, 0.6) is 5.75 Å². The Hall–Kier alpha value is -2.95. The molecule has 0 amide bonds. The summed E-state index contributed by atoms with van der Waals surface area (Å²) in [7, 11) is 1.47. The first-order chi connectivity index (χ1) is 10.7. The van der Waals surface area contributed by atoms with Crippen molar-refractivity contribution in [1.82, 2.24) is 0 Å². The summed E-state index contributed by atoms with van der Waals surface area (Å²) >= 11 is 0. The van der Waals surface area contributed by atoms with Crippen LogP contribution in [0.15, 0.2) is 59.2 Å². The number of hydrogen-bond acceptors (Lipinski definition) is 4. The van der Waals surface area contributed by atoms with Crippen LogP contribution in [-0.4, -0.2) is 19.0 Å². The van der Waals surface area contributed by atoms with Gasteiger partial charge in [0.1, 0.15) is 11.6 Å². The predicted octanol–water partition coefficient (Wildman–Crippen LogP) is 3.18. The summed E-state index contributed by atoms with van der Waals surface area (Å²) in [5.74, 6) is -0.325. The van der Waals surface area contributed by atoms with E-state index in [9.17, 15) is 9.18 Å². The minimum absolute atomic E-state index is 0.0998. The average molecular weight is 297 g/mol. The van der Waals surface area contributed by atoms with Gasteiger partial charge >= 0.3 is 5.97 Å². The first-order valence-electron chi connectivity index (χ1n) is 6.59. The Balaban J connectivity index is 2.00. The number of ether oxygens (including phenoxy) is 2. The van der Waals surface area contributed by atoms with Crippen molar-refractivity contribution in [2.75, 3.05) is 7.11 Å². The topological polar surface area (TPSA) is 47.9 Å². The molecule has 0 aliphatic carbocycles. The van der Waals surface area contributed by atoms with Gasteiger partial charge in [0.2, 0.25) is 5.90 Å². The Bertz CT molecular complexity index is 782. The molecule has 0 saturated heterocycles. The lowest BCUT2D eigenvalue weighted by atomic mass is 10.1. The van der Waals surface area contributed by atoms with Crippen molar-refractivity contribution < 1.29 is 18.7 Å². The van der Waals surface area contributed by atoms with Gasteiger partial charge in [0.05, 0.1) is 7.11 Å². The number of hydrogen-bond donors (Lipinski definition) is 0. The predicted molar refractivity (Wildman–Crippen MR) is 80.0 cm³/mol. The largest absolute Gasteiger partial charge is 0.496 e. The molecule has 0 N–H and O–H groups in total. The van der Waals surface area contributed by atoms with Crippen LogP contribution in [0.3, 0.4) is 0 Å². The van der Waals surface area contributed by atoms with E-state index < -0.39 is 11.8 Å². The highest BCUT2D eigenvalue weighted by Gasteiger charge is 2.24. The van der Waals surface area contributed by atoms with E-state index in [2.05, 4.69) is 4.99 Å². The van der Waals surface area contributed by atoms with Crippen LogP contribution in [0.4, 0.5) is 4.39 Å². The van der Waals surface area contributed by atoms with Crippen molar-refractivity contribution in [3.8, 4) is 5.75 Å². The highest BCUT2D eigenvalue weighted by molar-refractivity contribution is 6.12. The number of methoxy groups -OCH3 is 1. The van der Waals surface area contributed by atoms with Crippen molar-refractivity contribution in [2.24, 2.45) is 4.99 Å². The summed E-state index contributed by atoms with van der Waals surface area (Å²) in [5.41, 5.74) is 1.22. The SMILES string of the molecule is COc1ccc(F)cc1/C=C1/N=C(c2ccccc2)OC1=O. The highest BCUT2D eigenvalue weighted by Crippen LogP contribution is 2.25. The number of rotatable bonds is 3. The Morgan fingerprint density at radius 3 is 2.68 bits per heavy atom. The Labute approximate surface area is 126 Å². The molecular formula is C17H12FNO3. The molecule has 3 rings (SSSR count). The fourth-order valence-corrected chi connectivity index (χ4v) is 2.08. The van der Waals surface area contributed by atoms with E-state index in [1.54, 1.807) is 12.1 Å². The van der Waals surface area contributed by atoms with Crippen molar-refractivity contribution >= 4 is 17.9 Å². The van der Waals surface area contributed by atoms with Gasteiger partial charge in [-0.25, -0.2) is 14.2 Å². The molecule has 0 fully saturated rings. The third-order valence-corrected chi connectivity index (χ3v) is 3.13. The van der Waals surface area contributed by atoms with E-state index in [0.29, 0.717) is 16.9 Å². The number of cyclic esters (lactones) is 1. The molecule has 110 valence electrons. The maximum atomic E-state index is 13.4. The second-order valence-corrected chi connectivity index (χ2v) is 4.59. The number of carbonyl (C=O) groups is 1. The van der Waals surface area contributed by atoms with Gasteiger partial charge in [0, 0.05) is 11.1 Å². The van der Waals surface area contributed by atoms with Gasteiger partial charge in [0.25, 0.3) is 0 Å². The van der Waals surface area contributed by atoms with E-state index in [1.165, 1.54) is 31.4 Å². The maximum absolute atomic E-state index is 13.4. The third-order valence-electron chi connectivity index (χ3n) is 3.13. The lowest BCUT2D eigenvalue weighted by molar-refractivity contribution is -0.129. The summed E-state index contributed by atoms with van der Waals surface area (Å²) in [6.07, 6.45) is 1.44. The van der Waals surface area contributed by atoms with Gasteiger partial charge in [-0.1, -0.05) is 18.2 Å². The van der Waals surface area contributed by atoms with Crippen LogP contribution in [0.1, 0.15) is 11.1 Å². The van der Waals surface area contributed by atoms with E-state index in [-0.39, 0.29) is 11.6 Å². The van der Waals surface area contributed by atoms with Crippen LogP contribution in [-0.2, 0) is 9.53 Å². The first kappa shape index (κ1) is 14.0. The number of aliphatic imine (C=N–C) groups is 1. The molecule has 0 radical (unpaired) electrons. The number of esters is 1. The minimum atomic E-state index is -0.579.